The Labute approximate surface area is 120 Å². The van der Waals surface area contributed by atoms with Gasteiger partial charge in [0.25, 0.3) is 11.1 Å². The average Bonchev–Trinajstić information content (AvgIpc) is 2.75. The molecule has 0 atom stereocenters. The van der Waals surface area contributed by atoms with Crippen LogP contribution >= 0.6 is 11.8 Å². The molecule has 2 amide bonds. The molecule has 1 aliphatic heterocycles. The third-order valence-electron chi connectivity index (χ3n) is 2.40. The van der Waals surface area contributed by atoms with Crippen LogP contribution in [0.3, 0.4) is 0 Å². The van der Waals surface area contributed by atoms with E-state index < -0.39 is 0 Å². The molecule has 1 aromatic rings. The highest BCUT2D eigenvalue weighted by Gasteiger charge is 2.24. The van der Waals surface area contributed by atoms with E-state index in [0.717, 1.165) is 17.3 Å². The zero-order valence-corrected chi connectivity index (χ0v) is 11.4. The molecule has 0 saturated carbocycles. The number of rotatable bonds is 5. The van der Waals surface area contributed by atoms with E-state index in [2.05, 4.69) is 5.32 Å². The lowest BCUT2D eigenvalue weighted by Crippen LogP contribution is -2.17. The summed E-state index contributed by atoms with van der Waals surface area (Å²) in [6.07, 6.45) is 5.09. The lowest BCUT2D eigenvalue weighted by molar-refractivity contribution is -0.115. The highest BCUT2D eigenvalue weighted by Crippen LogP contribution is 2.23. The van der Waals surface area contributed by atoms with Crippen LogP contribution in [0, 0.1) is 0 Å². The summed E-state index contributed by atoms with van der Waals surface area (Å²) in [5, 5.41) is 10.5. The van der Waals surface area contributed by atoms with E-state index in [4.69, 9.17) is 9.84 Å². The Morgan fingerprint density at radius 3 is 2.90 bits per heavy atom. The monoisotopic (exact) mass is 291 g/mol. The smallest absolute Gasteiger partial charge is 0.290 e. The second-order valence-corrected chi connectivity index (χ2v) is 4.89. The molecule has 1 heterocycles. The first-order valence-corrected chi connectivity index (χ1v) is 6.76. The zero-order chi connectivity index (χ0) is 14.4. The lowest BCUT2D eigenvalue weighted by Gasteiger charge is -2.04. The van der Waals surface area contributed by atoms with E-state index in [1.165, 1.54) is 0 Å². The molecule has 2 rings (SSSR count). The largest absolute Gasteiger partial charge is 0.491 e. The Balaban J connectivity index is 2.02. The van der Waals surface area contributed by atoms with E-state index in [1.807, 2.05) is 18.2 Å². The van der Waals surface area contributed by atoms with E-state index in [-0.39, 0.29) is 24.4 Å². The van der Waals surface area contributed by atoms with Crippen molar-refractivity contribution in [1.82, 2.24) is 5.32 Å². The first-order chi connectivity index (χ1) is 9.69. The maximum absolute atomic E-state index is 11.3. The van der Waals surface area contributed by atoms with Gasteiger partial charge in [-0.25, -0.2) is 0 Å². The summed E-state index contributed by atoms with van der Waals surface area (Å²) in [6, 6.07) is 7.33. The SMILES string of the molecule is O=C1NC(=O)C(=CC=Cc2cccc(OCCO)c2)S1. The van der Waals surface area contributed by atoms with Crippen LogP contribution in [0.2, 0.25) is 0 Å². The van der Waals surface area contributed by atoms with E-state index in [1.54, 1.807) is 24.3 Å². The topological polar surface area (TPSA) is 75.6 Å². The number of hydrogen-bond acceptors (Lipinski definition) is 5. The molecule has 0 radical (unpaired) electrons. The predicted octanol–water partition coefficient (Wildman–Crippen LogP) is 1.94. The molecule has 104 valence electrons. The molecule has 6 heteroatoms. The van der Waals surface area contributed by atoms with Gasteiger partial charge in [-0.3, -0.25) is 14.9 Å². The van der Waals surface area contributed by atoms with E-state index in [0.29, 0.717) is 10.7 Å². The van der Waals surface area contributed by atoms with Crippen molar-refractivity contribution in [2.24, 2.45) is 0 Å². The third kappa shape index (κ3) is 3.97. The van der Waals surface area contributed by atoms with Gasteiger partial charge in [-0.2, -0.15) is 0 Å². The minimum absolute atomic E-state index is 0.0352. The van der Waals surface area contributed by atoms with Gasteiger partial charge in [-0.05, 0) is 35.5 Å². The maximum Gasteiger partial charge on any atom is 0.290 e. The van der Waals surface area contributed by atoms with Crippen LogP contribution in [0.25, 0.3) is 6.08 Å². The van der Waals surface area contributed by atoms with Gasteiger partial charge in [-0.15, -0.1) is 0 Å². The number of nitrogens with one attached hydrogen (secondary N) is 1. The Morgan fingerprint density at radius 1 is 1.35 bits per heavy atom. The van der Waals surface area contributed by atoms with Gasteiger partial charge in [0.05, 0.1) is 11.5 Å². The molecule has 0 aromatic heterocycles. The van der Waals surface area contributed by atoms with Crippen LogP contribution < -0.4 is 10.1 Å². The Morgan fingerprint density at radius 2 is 2.20 bits per heavy atom. The summed E-state index contributed by atoms with van der Waals surface area (Å²) in [5.74, 6) is 0.293. The number of benzene rings is 1. The normalized spacial score (nSPS) is 16.9. The number of amides is 2. The molecule has 20 heavy (non-hydrogen) atoms. The molecule has 2 N–H and O–H groups in total. The first kappa shape index (κ1) is 14.4. The summed E-state index contributed by atoms with van der Waals surface area (Å²) >= 11 is 0.881. The number of aliphatic hydroxyl groups excluding tert-OH is 1. The standard InChI is InChI=1S/C14H13NO4S/c16-7-8-19-11-5-1-3-10(9-11)4-2-6-12-13(17)15-14(18)20-12/h1-6,9,16H,7-8H2,(H,15,17,18). The number of aliphatic hydroxyl groups is 1. The van der Waals surface area contributed by atoms with Crippen LogP contribution in [-0.2, 0) is 4.79 Å². The van der Waals surface area contributed by atoms with Gasteiger partial charge in [0.2, 0.25) is 0 Å². The molecule has 0 aliphatic carbocycles. The van der Waals surface area contributed by atoms with Crippen LogP contribution in [-0.4, -0.2) is 29.5 Å². The van der Waals surface area contributed by atoms with Gasteiger partial charge in [0.1, 0.15) is 12.4 Å². The van der Waals surface area contributed by atoms with Gasteiger partial charge in [-0.1, -0.05) is 24.3 Å². The number of carbonyl (C=O) groups is 2. The van der Waals surface area contributed by atoms with Crippen molar-refractivity contribution in [3.63, 3.8) is 0 Å². The van der Waals surface area contributed by atoms with Crippen molar-refractivity contribution in [2.45, 2.75) is 0 Å². The predicted molar refractivity (Wildman–Crippen MR) is 77.3 cm³/mol. The molecule has 1 aromatic carbocycles. The molecular formula is C14H13NO4S. The summed E-state index contributed by atoms with van der Waals surface area (Å²) < 4.78 is 5.29. The van der Waals surface area contributed by atoms with Crippen LogP contribution in [0.1, 0.15) is 5.56 Å². The van der Waals surface area contributed by atoms with E-state index >= 15 is 0 Å². The molecule has 0 unspecified atom stereocenters. The molecular weight excluding hydrogens is 278 g/mol. The second kappa shape index (κ2) is 6.93. The second-order valence-electron chi connectivity index (χ2n) is 3.88. The third-order valence-corrected chi connectivity index (χ3v) is 3.23. The molecule has 0 bridgehead atoms. The number of imide groups is 1. The Kier molecular flexibility index (Phi) is 4.97. The number of hydrogen-bond donors (Lipinski definition) is 2. The van der Waals surface area contributed by atoms with Crippen molar-refractivity contribution < 1.29 is 19.4 Å². The molecule has 5 nitrogen and oxygen atoms in total. The Bertz CT molecular complexity index is 580. The first-order valence-electron chi connectivity index (χ1n) is 5.94. The quantitative estimate of drug-likeness (QED) is 0.811. The van der Waals surface area contributed by atoms with Crippen molar-refractivity contribution in [1.29, 1.82) is 0 Å². The van der Waals surface area contributed by atoms with Crippen LogP contribution in [0.5, 0.6) is 5.75 Å². The lowest BCUT2D eigenvalue weighted by atomic mass is 10.2. The minimum atomic E-state index is -0.371. The molecule has 1 aliphatic rings. The van der Waals surface area contributed by atoms with Gasteiger partial charge in [0.15, 0.2) is 0 Å². The number of carbonyl (C=O) groups excluding carboxylic acids is 2. The zero-order valence-electron chi connectivity index (χ0n) is 10.5. The summed E-state index contributed by atoms with van der Waals surface area (Å²) in [6.45, 7) is 0.211. The van der Waals surface area contributed by atoms with Crippen molar-refractivity contribution in [2.75, 3.05) is 13.2 Å². The number of allylic oxidation sites excluding steroid dienone is 2. The van der Waals surface area contributed by atoms with Crippen molar-refractivity contribution in [3.8, 4) is 5.75 Å². The fourth-order valence-electron chi connectivity index (χ4n) is 1.55. The minimum Gasteiger partial charge on any atom is -0.491 e. The maximum atomic E-state index is 11.3. The van der Waals surface area contributed by atoms with Crippen LogP contribution in [0.15, 0.2) is 41.3 Å². The highest BCUT2D eigenvalue weighted by atomic mass is 32.2. The number of thioether (sulfide) groups is 1. The number of ether oxygens (including phenoxy) is 1. The fraction of sp³-hybridized carbons (Fsp3) is 0.143. The van der Waals surface area contributed by atoms with Crippen molar-refractivity contribution >= 4 is 29.0 Å². The van der Waals surface area contributed by atoms with Crippen LogP contribution in [0.4, 0.5) is 4.79 Å². The van der Waals surface area contributed by atoms with Crippen molar-refractivity contribution in [3.05, 3.63) is 46.9 Å². The average molecular weight is 291 g/mol. The van der Waals surface area contributed by atoms with Gasteiger partial charge in [0, 0.05) is 0 Å². The van der Waals surface area contributed by atoms with E-state index in [9.17, 15) is 9.59 Å². The Hall–Kier alpha value is -2.05. The summed E-state index contributed by atoms with van der Waals surface area (Å²) in [7, 11) is 0. The molecule has 0 spiro atoms. The highest BCUT2D eigenvalue weighted by molar-refractivity contribution is 8.18. The fourth-order valence-corrected chi connectivity index (χ4v) is 2.19. The van der Waals surface area contributed by atoms with Gasteiger partial charge >= 0.3 is 0 Å². The van der Waals surface area contributed by atoms with Gasteiger partial charge < -0.3 is 9.84 Å². The molecule has 1 fully saturated rings. The summed E-state index contributed by atoms with van der Waals surface area (Å²) in [5.41, 5.74) is 0.895. The summed E-state index contributed by atoms with van der Waals surface area (Å²) in [4.78, 5) is 22.6. The molecule has 1 saturated heterocycles.